The lowest BCUT2D eigenvalue weighted by Gasteiger charge is -2.34. The van der Waals surface area contributed by atoms with Crippen LogP contribution in [0.3, 0.4) is 0 Å². The van der Waals surface area contributed by atoms with Gasteiger partial charge < -0.3 is 15.6 Å². The average molecular weight is 267 g/mol. The van der Waals surface area contributed by atoms with Gasteiger partial charge in [-0.25, -0.2) is 0 Å². The molecule has 1 aliphatic heterocycles. The molecule has 1 saturated heterocycles. The minimum atomic E-state index is 0.0261. The molecule has 0 bridgehead atoms. The molecule has 2 rings (SSSR count). The van der Waals surface area contributed by atoms with Crippen molar-refractivity contribution in [2.24, 2.45) is 5.73 Å². The Morgan fingerprint density at radius 2 is 2.50 bits per heavy atom. The highest BCUT2D eigenvalue weighted by molar-refractivity contribution is 7.80. The van der Waals surface area contributed by atoms with Gasteiger partial charge in [-0.15, -0.1) is 0 Å². The summed E-state index contributed by atoms with van der Waals surface area (Å²) in [5.74, 6) is 0. The third-order valence-corrected chi connectivity index (χ3v) is 3.25. The van der Waals surface area contributed by atoms with Crippen molar-refractivity contribution in [1.82, 2.24) is 9.88 Å². The summed E-state index contributed by atoms with van der Waals surface area (Å²) in [6, 6.07) is 3.86. The number of morpholine rings is 1. The van der Waals surface area contributed by atoms with E-state index in [2.05, 4.69) is 9.88 Å². The van der Waals surface area contributed by atoms with E-state index in [9.17, 15) is 5.11 Å². The maximum atomic E-state index is 9.33. The van der Waals surface area contributed by atoms with Crippen molar-refractivity contribution in [2.45, 2.75) is 12.6 Å². The van der Waals surface area contributed by atoms with Crippen molar-refractivity contribution in [3.8, 4) is 0 Å². The molecule has 0 aliphatic carbocycles. The zero-order chi connectivity index (χ0) is 13.0. The lowest BCUT2D eigenvalue weighted by Crippen LogP contribution is -2.47. The molecule has 5 nitrogen and oxygen atoms in total. The van der Waals surface area contributed by atoms with Gasteiger partial charge in [0.25, 0.3) is 0 Å². The van der Waals surface area contributed by atoms with Crippen molar-refractivity contribution in [3.63, 3.8) is 0 Å². The van der Waals surface area contributed by atoms with Crippen LogP contribution in [0.5, 0.6) is 0 Å². The number of thiocarbonyl (C=S) groups is 1. The van der Waals surface area contributed by atoms with Crippen LogP contribution in [0.15, 0.2) is 18.3 Å². The quantitative estimate of drug-likeness (QED) is 0.743. The Labute approximate surface area is 112 Å². The molecule has 1 aromatic heterocycles. The molecule has 3 N–H and O–H groups in total. The van der Waals surface area contributed by atoms with Crippen LogP contribution in [-0.4, -0.2) is 52.4 Å². The Balaban J connectivity index is 2.15. The summed E-state index contributed by atoms with van der Waals surface area (Å²) in [5.41, 5.74) is 7.32. The average Bonchev–Trinajstić information content (AvgIpc) is 2.40. The number of ether oxygens (including phenoxy) is 1. The second-order valence-corrected chi connectivity index (χ2v) is 4.70. The molecule has 0 saturated carbocycles. The van der Waals surface area contributed by atoms with Crippen LogP contribution in [0.1, 0.15) is 11.3 Å². The molecular weight excluding hydrogens is 250 g/mol. The van der Waals surface area contributed by atoms with Gasteiger partial charge in [0.1, 0.15) is 10.7 Å². The number of rotatable bonds is 4. The van der Waals surface area contributed by atoms with Crippen LogP contribution < -0.4 is 5.73 Å². The van der Waals surface area contributed by atoms with E-state index in [4.69, 9.17) is 22.7 Å². The predicted octanol–water partition coefficient (Wildman–Crippen LogP) is -0.0911. The van der Waals surface area contributed by atoms with Crippen molar-refractivity contribution in [2.75, 3.05) is 26.4 Å². The Hall–Kier alpha value is -1.08. The number of nitrogens with two attached hydrogens (primary N) is 1. The number of pyridine rings is 1. The molecule has 0 spiro atoms. The summed E-state index contributed by atoms with van der Waals surface area (Å²) in [7, 11) is 0. The van der Waals surface area contributed by atoms with Crippen LogP contribution in [0.4, 0.5) is 0 Å². The van der Waals surface area contributed by atoms with Crippen molar-refractivity contribution >= 4 is 17.2 Å². The fraction of sp³-hybridized carbons (Fsp3) is 0.500. The molecule has 98 valence electrons. The van der Waals surface area contributed by atoms with E-state index in [1.165, 1.54) is 0 Å². The molecule has 18 heavy (non-hydrogen) atoms. The van der Waals surface area contributed by atoms with Crippen molar-refractivity contribution < 1.29 is 9.84 Å². The second-order valence-electron chi connectivity index (χ2n) is 4.26. The normalized spacial score (nSPS) is 20.8. The molecule has 2 heterocycles. The standard InChI is InChI=1S/C12H17N3O2S/c13-12(18)11-9(2-1-3-14-11)6-15-4-5-17-8-10(15)7-16/h1-3,10,16H,4-8H2,(H2,13,18). The molecule has 1 aromatic rings. The maximum absolute atomic E-state index is 9.33. The first kappa shape index (κ1) is 13.4. The molecule has 0 amide bonds. The fourth-order valence-corrected chi connectivity index (χ4v) is 2.26. The van der Waals surface area contributed by atoms with Crippen LogP contribution in [0, 0.1) is 0 Å². The van der Waals surface area contributed by atoms with Gasteiger partial charge in [0.15, 0.2) is 0 Å². The molecule has 1 fully saturated rings. The van der Waals surface area contributed by atoms with E-state index in [0.29, 0.717) is 30.4 Å². The zero-order valence-electron chi connectivity index (χ0n) is 10.1. The van der Waals surface area contributed by atoms with Gasteiger partial charge in [-0.3, -0.25) is 9.88 Å². The highest BCUT2D eigenvalue weighted by Crippen LogP contribution is 2.14. The summed E-state index contributed by atoms with van der Waals surface area (Å²) < 4.78 is 5.35. The monoisotopic (exact) mass is 267 g/mol. The van der Waals surface area contributed by atoms with Crippen LogP contribution in [0.25, 0.3) is 0 Å². The van der Waals surface area contributed by atoms with Crippen LogP contribution >= 0.6 is 12.2 Å². The minimum absolute atomic E-state index is 0.0261. The topological polar surface area (TPSA) is 71.6 Å². The highest BCUT2D eigenvalue weighted by atomic mass is 32.1. The Morgan fingerprint density at radius 1 is 1.67 bits per heavy atom. The van der Waals surface area contributed by atoms with E-state index in [-0.39, 0.29) is 12.6 Å². The summed E-state index contributed by atoms with van der Waals surface area (Å²) in [6.07, 6.45) is 1.68. The number of hydrogen-bond acceptors (Lipinski definition) is 5. The lowest BCUT2D eigenvalue weighted by molar-refractivity contribution is -0.0313. The largest absolute Gasteiger partial charge is 0.395 e. The Morgan fingerprint density at radius 3 is 3.22 bits per heavy atom. The molecule has 6 heteroatoms. The van der Waals surface area contributed by atoms with E-state index in [0.717, 1.165) is 12.1 Å². The highest BCUT2D eigenvalue weighted by Gasteiger charge is 2.23. The van der Waals surface area contributed by atoms with Gasteiger partial charge in [0.05, 0.1) is 25.9 Å². The fourth-order valence-electron chi connectivity index (χ4n) is 2.07. The van der Waals surface area contributed by atoms with E-state index in [1.807, 2.05) is 12.1 Å². The number of nitrogens with zero attached hydrogens (tertiary/aromatic N) is 2. The van der Waals surface area contributed by atoms with Crippen LogP contribution in [0.2, 0.25) is 0 Å². The molecule has 0 radical (unpaired) electrons. The first-order chi connectivity index (χ1) is 8.72. The summed E-state index contributed by atoms with van der Waals surface area (Å²) in [5, 5.41) is 9.33. The van der Waals surface area contributed by atoms with Gasteiger partial charge in [0.2, 0.25) is 0 Å². The number of hydrogen-bond donors (Lipinski definition) is 2. The molecule has 1 unspecified atom stereocenters. The van der Waals surface area contributed by atoms with E-state index < -0.39 is 0 Å². The van der Waals surface area contributed by atoms with E-state index in [1.54, 1.807) is 6.20 Å². The number of aliphatic hydroxyl groups excluding tert-OH is 1. The Bertz CT molecular complexity index is 428. The Kier molecular flexibility index (Phi) is 4.60. The van der Waals surface area contributed by atoms with Gasteiger partial charge in [-0.1, -0.05) is 18.3 Å². The molecule has 1 atom stereocenters. The summed E-state index contributed by atoms with van der Waals surface area (Å²) in [4.78, 5) is 6.68. The van der Waals surface area contributed by atoms with Gasteiger partial charge in [-0.05, 0) is 11.6 Å². The first-order valence-electron chi connectivity index (χ1n) is 5.88. The van der Waals surface area contributed by atoms with Gasteiger partial charge in [-0.2, -0.15) is 0 Å². The van der Waals surface area contributed by atoms with Gasteiger partial charge in [0, 0.05) is 19.3 Å². The second kappa shape index (κ2) is 6.19. The summed E-state index contributed by atoms with van der Waals surface area (Å²) >= 11 is 5.00. The number of aromatic nitrogens is 1. The third-order valence-electron chi connectivity index (χ3n) is 3.06. The SMILES string of the molecule is NC(=S)c1ncccc1CN1CCOCC1CO. The molecule has 0 aromatic carbocycles. The maximum Gasteiger partial charge on any atom is 0.123 e. The predicted molar refractivity (Wildman–Crippen MR) is 72.2 cm³/mol. The number of aliphatic hydroxyl groups is 1. The molecule has 1 aliphatic rings. The van der Waals surface area contributed by atoms with Crippen LogP contribution in [-0.2, 0) is 11.3 Å². The van der Waals surface area contributed by atoms with Crippen molar-refractivity contribution in [3.05, 3.63) is 29.6 Å². The molecular formula is C12H17N3O2S. The minimum Gasteiger partial charge on any atom is -0.395 e. The third kappa shape index (κ3) is 3.02. The smallest absolute Gasteiger partial charge is 0.123 e. The van der Waals surface area contributed by atoms with E-state index >= 15 is 0 Å². The van der Waals surface area contributed by atoms with Crippen molar-refractivity contribution in [1.29, 1.82) is 0 Å². The van der Waals surface area contributed by atoms with Gasteiger partial charge >= 0.3 is 0 Å². The zero-order valence-corrected chi connectivity index (χ0v) is 10.9. The summed E-state index contributed by atoms with van der Waals surface area (Å²) in [6.45, 7) is 2.78. The first-order valence-corrected chi connectivity index (χ1v) is 6.29. The lowest BCUT2D eigenvalue weighted by atomic mass is 10.1.